The molecule has 0 aliphatic carbocycles. The molecule has 3 rings (SSSR count). The number of anilines is 1. The molecule has 0 fully saturated rings. The monoisotopic (exact) mass is 346 g/mol. The smallest absolute Gasteiger partial charge is 0.337 e. The molecule has 2 N–H and O–H groups in total. The van der Waals surface area contributed by atoms with Gasteiger partial charge in [0.1, 0.15) is 11.4 Å². The lowest BCUT2D eigenvalue weighted by Gasteiger charge is -2.16. The van der Waals surface area contributed by atoms with Gasteiger partial charge in [-0.3, -0.25) is 4.79 Å². The Morgan fingerprint density at radius 2 is 2.20 bits per heavy atom. The number of nitrogens with zero attached hydrogens (tertiary/aromatic N) is 1. The van der Waals surface area contributed by atoms with E-state index in [1.54, 1.807) is 0 Å². The van der Waals surface area contributed by atoms with Crippen LogP contribution in [0.25, 0.3) is 0 Å². The van der Waals surface area contributed by atoms with Crippen LogP contribution in [-0.2, 0) is 19.7 Å². The second-order valence-electron chi connectivity index (χ2n) is 6.80. The van der Waals surface area contributed by atoms with Crippen molar-refractivity contribution in [1.29, 1.82) is 0 Å². The Morgan fingerprint density at radius 3 is 2.88 bits per heavy atom. The van der Waals surface area contributed by atoms with E-state index in [4.69, 9.17) is 14.6 Å². The molecule has 25 heavy (non-hydrogen) atoms. The van der Waals surface area contributed by atoms with E-state index in [0.29, 0.717) is 12.3 Å². The molecule has 7 nitrogen and oxygen atoms in total. The molecule has 0 saturated carbocycles. The first-order valence-corrected chi connectivity index (χ1v) is 8.13. The van der Waals surface area contributed by atoms with E-state index in [0.717, 1.165) is 11.3 Å². The van der Waals surface area contributed by atoms with Crippen LogP contribution in [0.3, 0.4) is 0 Å². The Kier molecular flexibility index (Phi) is 4.43. The molecule has 0 saturated heterocycles. The highest BCUT2D eigenvalue weighted by Gasteiger charge is 2.35. The summed E-state index contributed by atoms with van der Waals surface area (Å²) in [6, 6.07) is 5.65. The number of esters is 1. The Bertz CT molecular complexity index is 754. The van der Waals surface area contributed by atoms with Gasteiger partial charge >= 0.3 is 5.97 Å². The predicted molar refractivity (Wildman–Crippen MR) is 91.3 cm³/mol. The highest BCUT2D eigenvalue weighted by atomic mass is 16.5. The molecule has 0 aromatic heterocycles. The Labute approximate surface area is 146 Å². The van der Waals surface area contributed by atoms with Crippen LogP contribution < -0.4 is 10.1 Å². The Morgan fingerprint density at radius 1 is 1.44 bits per heavy atom. The molecule has 2 aliphatic rings. The molecule has 1 aromatic rings. The van der Waals surface area contributed by atoms with Gasteiger partial charge in [-0.15, -0.1) is 0 Å². The van der Waals surface area contributed by atoms with Gasteiger partial charge in [0.25, 0.3) is 5.91 Å². The minimum Gasteiger partial charge on any atom is -0.492 e. The van der Waals surface area contributed by atoms with E-state index < -0.39 is 5.97 Å². The molecule has 0 unspecified atom stereocenters. The number of hydrogen-bond acceptors (Lipinski definition) is 6. The molecule has 0 radical (unpaired) electrons. The van der Waals surface area contributed by atoms with Gasteiger partial charge in [-0.25, -0.2) is 4.79 Å². The van der Waals surface area contributed by atoms with Gasteiger partial charge in [0.15, 0.2) is 0 Å². The fourth-order valence-electron chi connectivity index (χ4n) is 3.11. The summed E-state index contributed by atoms with van der Waals surface area (Å²) in [5.74, 6) is -0.126. The van der Waals surface area contributed by atoms with Crippen molar-refractivity contribution in [3.05, 3.63) is 35.0 Å². The zero-order valence-electron chi connectivity index (χ0n) is 14.6. The Balaban J connectivity index is 1.89. The number of hydrogen-bond donors (Lipinski definition) is 2. The molecule has 7 heteroatoms. The van der Waals surface area contributed by atoms with E-state index >= 15 is 0 Å². The maximum absolute atomic E-state index is 12.5. The molecule has 134 valence electrons. The summed E-state index contributed by atoms with van der Waals surface area (Å²) in [5, 5.41) is 12.1. The van der Waals surface area contributed by atoms with E-state index in [2.05, 4.69) is 19.2 Å². The van der Waals surface area contributed by atoms with Crippen LogP contribution in [0.2, 0.25) is 0 Å². The number of rotatable bonds is 5. The number of methoxy groups -OCH3 is 1. The normalized spacial score (nSPS) is 18.2. The molecule has 1 aromatic carbocycles. The van der Waals surface area contributed by atoms with E-state index in [1.807, 2.05) is 18.2 Å². The third-order valence-electron chi connectivity index (χ3n) is 4.52. The van der Waals surface area contributed by atoms with Crippen molar-refractivity contribution in [3.8, 4) is 5.75 Å². The standard InChI is InChI=1S/C18H22N2O5/c1-18(2)10-25-14-8-11(4-5-13(14)18)19-15-12(17(23)24-3)9-20(6-7-21)16(15)22/h4-5,8,19,21H,6-7,9-10H2,1-3H3. The number of fused-ring (bicyclic) bond motifs is 1. The quantitative estimate of drug-likeness (QED) is 0.775. The first-order valence-electron chi connectivity index (χ1n) is 8.13. The van der Waals surface area contributed by atoms with Crippen LogP contribution in [0.1, 0.15) is 19.4 Å². The molecular formula is C18H22N2O5. The zero-order chi connectivity index (χ0) is 18.2. The molecular weight excluding hydrogens is 324 g/mol. The zero-order valence-corrected chi connectivity index (χ0v) is 14.6. The van der Waals surface area contributed by atoms with Gasteiger partial charge in [-0.1, -0.05) is 19.9 Å². The number of amides is 1. The second kappa shape index (κ2) is 6.40. The molecule has 0 atom stereocenters. The van der Waals surface area contributed by atoms with Crippen molar-refractivity contribution in [2.24, 2.45) is 0 Å². The van der Waals surface area contributed by atoms with Crippen molar-refractivity contribution in [2.45, 2.75) is 19.3 Å². The number of ether oxygens (including phenoxy) is 2. The second-order valence-corrected chi connectivity index (χ2v) is 6.80. The number of aliphatic hydroxyl groups excluding tert-OH is 1. The SMILES string of the molecule is COC(=O)C1=C(Nc2ccc3c(c2)OCC3(C)C)C(=O)N(CCO)C1. The summed E-state index contributed by atoms with van der Waals surface area (Å²) >= 11 is 0. The van der Waals surface area contributed by atoms with Gasteiger partial charge in [0, 0.05) is 29.3 Å². The third kappa shape index (κ3) is 3.07. The highest BCUT2D eigenvalue weighted by molar-refractivity contribution is 6.08. The van der Waals surface area contributed by atoms with Crippen molar-refractivity contribution in [3.63, 3.8) is 0 Å². The number of carbonyl (C=O) groups excluding carboxylic acids is 2. The maximum Gasteiger partial charge on any atom is 0.337 e. The van der Waals surface area contributed by atoms with Crippen molar-refractivity contribution < 1.29 is 24.2 Å². The number of benzene rings is 1. The van der Waals surface area contributed by atoms with Crippen LogP contribution in [0.15, 0.2) is 29.5 Å². The maximum atomic E-state index is 12.5. The number of carbonyl (C=O) groups is 2. The van der Waals surface area contributed by atoms with Gasteiger partial charge in [-0.05, 0) is 6.07 Å². The average Bonchev–Trinajstić information content (AvgIpc) is 3.06. The third-order valence-corrected chi connectivity index (χ3v) is 4.52. The lowest BCUT2D eigenvalue weighted by molar-refractivity contribution is -0.136. The first-order chi connectivity index (χ1) is 11.9. The van der Waals surface area contributed by atoms with Gasteiger partial charge < -0.3 is 24.8 Å². The average molecular weight is 346 g/mol. The van der Waals surface area contributed by atoms with E-state index in [1.165, 1.54) is 12.0 Å². The first kappa shape index (κ1) is 17.3. The van der Waals surface area contributed by atoms with E-state index in [-0.39, 0.29) is 42.3 Å². The minimum absolute atomic E-state index is 0.0502. The highest BCUT2D eigenvalue weighted by Crippen LogP contribution is 2.40. The molecule has 0 spiro atoms. The van der Waals surface area contributed by atoms with Crippen LogP contribution in [-0.4, -0.2) is 55.3 Å². The van der Waals surface area contributed by atoms with Gasteiger partial charge in [-0.2, -0.15) is 0 Å². The lowest BCUT2D eigenvalue weighted by Crippen LogP contribution is -2.31. The molecule has 1 amide bonds. The summed E-state index contributed by atoms with van der Waals surface area (Å²) in [5.41, 5.74) is 2.15. The minimum atomic E-state index is -0.560. The van der Waals surface area contributed by atoms with Crippen molar-refractivity contribution in [1.82, 2.24) is 4.90 Å². The topological polar surface area (TPSA) is 88.1 Å². The summed E-state index contributed by atoms with van der Waals surface area (Å²) < 4.78 is 10.5. The molecule has 2 heterocycles. The fourth-order valence-corrected chi connectivity index (χ4v) is 3.11. The van der Waals surface area contributed by atoms with Crippen LogP contribution in [0.5, 0.6) is 5.75 Å². The van der Waals surface area contributed by atoms with Crippen LogP contribution >= 0.6 is 0 Å². The lowest BCUT2D eigenvalue weighted by atomic mass is 9.87. The van der Waals surface area contributed by atoms with Crippen molar-refractivity contribution >= 4 is 17.6 Å². The van der Waals surface area contributed by atoms with Crippen molar-refractivity contribution in [2.75, 3.05) is 38.7 Å². The molecule has 2 aliphatic heterocycles. The van der Waals surface area contributed by atoms with Crippen LogP contribution in [0.4, 0.5) is 5.69 Å². The largest absolute Gasteiger partial charge is 0.492 e. The number of β-amino-alcohol motifs (C(OH)–C–C–N with tert-alkyl or cyclic N) is 1. The van der Waals surface area contributed by atoms with E-state index in [9.17, 15) is 9.59 Å². The van der Waals surface area contributed by atoms with Gasteiger partial charge in [0.05, 0.1) is 32.4 Å². The van der Waals surface area contributed by atoms with Crippen LogP contribution in [0, 0.1) is 0 Å². The summed E-state index contributed by atoms with van der Waals surface area (Å²) in [4.78, 5) is 25.9. The summed E-state index contributed by atoms with van der Waals surface area (Å²) in [6.45, 7) is 4.92. The summed E-state index contributed by atoms with van der Waals surface area (Å²) in [6.07, 6.45) is 0. The Hall–Kier alpha value is -2.54. The summed E-state index contributed by atoms with van der Waals surface area (Å²) in [7, 11) is 1.28. The van der Waals surface area contributed by atoms with Gasteiger partial charge in [0.2, 0.25) is 0 Å². The molecule has 0 bridgehead atoms. The number of nitrogens with one attached hydrogen (secondary N) is 1. The predicted octanol–water partition coefficient (Wildman–Crippen LogP) is 1.03. The number of aliphatic hydroxyl groups is 1. The fraction of sp³-hybridized carbons (Fsp3) is 0.444.